The van der Waals surface area contributed by atoms with Crippen LogP contribution in [0.4, 0.5) is 5.82 Å². The van der Waals surface area contributed by atoms with Crippen LogP contribution < -0.4 is 5.32 Å². The van der Waals surface area contributed by atoms with E-state index in [9.17, 15) is 13.2 Å². The Hall–Kier alpha value is -1.15. The maximum absolute atomic E-state index is 12.3. The van der Waals surface area contributed by atoms with Crippen LogP contribution in [-0.4, -0.2) is 56.4 Å². The fourth-order valence-electron chi connectivity index (χ4n) is 1.52. The Labute approximate surface area is 127 Å². The molecule has 0 aliphatic heterocycles. The molecule has 0 bridgehead atoms. The number of sulfone groups is 1. The van der Waals surface area contributed by atoms with Crippen molar-refractivity contribution in [1.82, 2.24) is 9.88 Å². The van der Waals surface area contributed by atoms with Gasteiger partial charge < -0.3 is 10.2 Å². The van der Waals surface area contributed by atoms with Gasteiger partial charge in [-0.15, -0.1) is 0 Å². The Morgan fingerprint density at radius 1 is 1.50 bits per heavy atom. The summed E-state index contributed by atoms with van der Waals surface area (Å²) in [5.41, 5.74) is 0.414. The maximum Gasteiger partial charge on any atom is 0.257 e. The van der Waals surface area contributed by atoms with E-state index in [0.717, 1.165) is 6.26 Å². The van der Waals surface area contributed by atoms with Crippen LogP contribution in [0.3, 0.4) is 0 Å². The van der Waals surface area contributed by atoms with Crippen molar-refractivity contribution in [3.05, 3.63) is 22.3 Å². The van der Waals surface area contributed by atoms with Crippen LogP contribution in [0.1, 0.15) is 17.3 Å². The molecule has 6 nitrogen and oxygen atoms in total. The van der Waals surface area contributed by atoms with Gasteiger partial charge in [0.1, 0.15) is 15.7 Å². The largest absolute Gasteiger partial charge is 0.370 e. The zero-order valence-electron chi connectivity index (χ0n) is 11.7. The highest BCUT2D eigenvalue weighted by Crippen LogP contribution is 2.19. The van der Waals surface area contributed by atoms with Crippen molar-refractivity contribution in [3.8, 4) is 0 Å². The molecule has 1 amide bonds. The van der Waals surface area contributed by atoms with Crippen LogP contribution in [0.25, 0.3) is 0 Å². The van der Waals surface area contributed by atoms with Gasteiger partial charge in [0, 0.05) is 37.1 Å². The number of rotatable bonds is 6. The number of carbonyl (C=O) groups is 1. The van der Waals surface area contributed by atoms with Gasteiger partial charge in [0.2, 0.25) is 0 Å². The van der Waals surface area contributed by atoms with Gasteiger partial charge >= 0.3 is 0 Å². The summed E-state index contributed by atoms with van der Waals surface area (Å²) in [4.78, 5) is 17.9. The SMILES string of the molecule is CCNc1ncc(Br)cc1C(=O)N(C)CCS(C)(=O)=O. The van der Waals surface area contributed by atoms with Gasteiger partial charge in [0.25, 0.3) is 5.91 Å². The van der Waals surface area contributed by atoms with Crippen LogP contribution in [0.2, 0.25) is 0 Å². The van der Waals surface area contributed by atoms with Gasteiger partial charge in [0.15, 0.2) is 0 Å². The van der Waals surface area contributed by atoms with Crippen molar-refractivity contribution in [2.24, 2.45) is 0 Å². The normalized spacial score (nSPS) is 11.2. The molecule has 1 rings (SSSR count). The van der Waals surface area contributed by atoms with Gasteiger partial charge in [-0.25, -0.2) is 13.4 Å². The number of nitrogens with zero attached hydrogens (tertiary/aromatic N) is 2. The Balaban J connectivity index is 2.92. The van der Waals surface area contributed by atoms with Crippen molar-refractivity contribution in [2.45, 2.75) is 6.92 Å². The molecule has 8 heteroatoms. The van der Waals surface area contributed by atoms with Crippen molar-refractivity contribution < 1.29 is 13.2 Å². The number of hydrogen-bond acceptors (Lipinski definition) is 5. The summed E-state index contributed by atoms with van der Waals surface area (Å²) in [6, 6.07) is 1.67. The summed E-state index contributed by atoms with van der Waals surface area (Å²) < 4.78 is 23.0. The molecule has 0 aliphatic carbocycles. The number of hydrogen-bond donors (Lipinski definition) is 1. The predicted molar refractivity (Wildman–Crippen MR) is 82.8 cm³/mol. The van der Waals surface area contributed by atoms with E-state index >= 15 is 0 Å². The number of aromatic nitrogens is 1. The molecule has 0 aromatic carbocycles. The molecule has 1 aromatic rings. The standard InChI is InChI=1S/C12H18BrN3O3S/c1-4-14-11-10(7-9(13)8-15-11)12(17)16(2)5-6-20(3,18)19/h7-8H,4-6H2,1-3H3,(H,14,15). The molecule has 20 heavy (non-hydrogen) atoms. The zero-order valence-corrected chi connectivity index (χ0v) is 14.1. The Morgan fingerprint density at radius 2 is 2.15 bits per heavy atom. The molecule has 0 saturated heterocycles. The molecule has 112 valence electrons. The zero-order chi connectivity index (χ0) is 15.3. The first-order valence-electron chi connectivity index (χ1n) is 6.07. The van der Waals surface area contributed by atoms with E-state index in [1.807, 2.05) is 6.92 Å². The second-order valence-corrected chi connectivity index (χ2v) is 7.61. The average Bonchev–Trinajstić information content (AvgIpc) is 2.36. The quantitative estimate of drug-likeness (QED) is 0.825. The molecule has 0 atom stereocenters. The topological polar surface area (TPSA) is 79.4 Å². The highest BCUT2D eigenvalue weighted by molar-refractivity contribution is 9.10. The molecule has 1 N–H and O–H groups in total. The molecular weight excluding hydrogens is 346 g/mol. The van der Waals surface area contributed by atoms with Crippen LogP contribution in [0.15, 0.2) is 16.7 Å². The molecular formula is C12H18BrN3O3S. The van der Waals surface area contributed by atoms with Gasteiger partial charge in [-0.1, -0.05) is 0 Å². The minimum Gasteiger partial charge on any atom is -0.370 e. The van der Waals surface area contributed by atoms with Crippen molar-refractivity contribution in [1.29, 1.82) is 0 Å². The molecule has 0 radical (unpaired) electrons. The second-order valence-electron chi connectivity index (χ2n) is 4.44. The molecule has 0 saturated carbocycles. The van der Waals surface area contributed by atoms with Crippen LogP contribution >= 0.6 is 15.9 Å². The third-order valence-corrected chi connectivity index (χ3v) is 3.93. The number of nitrogens with one attached hydrogen (secondary N) is 1. The minimum atomic E-state index is -3.10. The number of halogens is 1. The Morgan fingerprint density at radius 3 is 2.70 bits per heavy atom. The molecule has 0 spiro atoms. The summed E-state index contributed by atoms with van der Waals surface area (Å²) >= 11 is 3.28. The smallest absolute Gasteiger partial charge is 0.257 e. The first kappa shape index (κ1) is 16.9. The highest BCUT2D eigenvalue weighted by atomic mass is 79.9. The second kappa shape index (κ2) is 7.03. The molecule has 1 aromatic heterocycles. The molecule has 0 aliphatic rings. The van der Waals surface area contributed by atoms with E-state index in [-0.39, 0.29) is 18.2 Å². The van der Waals surface area contributed by atoms with E-state index in [1.165, 1.54) is 4.90 Å². The fourth-order valence-corrected chi connectivity index (χ4v) is 2.46. The monoisotopic (exact) mass is 363 g/mol. The molecule has 0 unspecified atom stereocenters. The lowest BCUT2D eigenvalue weighted by molar-refractivity contribution is 0.0804. The lowest BCUT2D eigenvalue weighted by Crippen LogP contribution is -2.32. The Kier molecular flexibility index (Phi) is 5.94. The van der Waals surface area contributed by atoms with Crippen LogP contribution in [0, 0.1) is 0 Å². The van der Waals surface area contributed by atoms with Gasteiger partial charge in [0.05, 0.1) is 11.3 Å². The summed E-state index contributed by atoms with van der Waals surface area (Å²) in [7, 11) is -1.52. The third-order valence-electron chi connectivity index (χ3n) is 2.57. The van der Waals surface area contributed by atoms with E-state index in [2.05, 4.69) is 26.2 Å². The summed E-state index contributed by atoms with van der Waals surface area (Å²) in [5.74, 6) is 0.165. The third kappa shape index (κ3) is 5.09. The van der Waals surface area contributed by atoms with Gasteiger partial charge in [-0.05, 0) is 28.9 Å². The van der Waals surface area contributed by atoms with Crippen molar-refractivity contribution in [3.63, 3.8) is 0 Å². The molecule has 1 heterocycles. The van der Waals surface area contributed by atoms with Crippen LogP contribution in [-0.2, 0) is 9.84 Å². The Bertz CT molecular complexity index is 590. The summed E-state index contributed by atoms with van der Waals surface area (Å²) in [5, 5.41) is 3.01. The van der Waals surface area contributed by atoms with E-state index < -0.39 is 9.84 Å². The number of carbonyl (C=O) groups excluding carboxylic acids is 1. The highest BCUT2D eigenvalue weighted by Gasteiger charge is 2.18. The lowest BCUT2D eigenvalue weighted by Gasteiger charge is -2.18. The van der Waals surface area contributed by atoms with Crippen molar-refractivity contribution in [2.75, 3.05) is 37.5 Å². The first-order valence-corrected chi connectivity index (χ1v) is 8.92. The summed E-state index contributed by atoms with van der Waals surface area (Å²) in [6.07, 6.45) is 2.75. The number of anilines is 1. The summed E-state index contributed by atoms with van der Waals surface area (Å²) in [6.45, 7) is 2.70. The minimum absolute atomic E-state index is 0.0623. The van der Waals surface area contributed by atoms with Gasteiger partial charge in [-0.2, -0.15) is 0 Å². The predicted octanol–water partition coefficient (Wildman–Crippen LogP) is 1.39. The first-order chi connectivity index (χ1) is 9.24. The van der Waals surface area contributed by atoms with E-state index in [1.54, 1.807) is 19.3 Å². The van der Waals surface area contributed by atoms with E-state index in [4.69, 9.17) is 0 Å². The molecule has 0 fully saturated rings. The van der Waals surface area contributed by atoms with Crippen LogP contribution in [0.5, 0.6) is 0 Å². The fraction of sp³-hybridized carbons (Fsp3) is 0.500. The number of amides is 1. The van der Waals surface area contributed by atoms with E-state index in [0.29, 0.717) is 22.4 Å². The lowest BCUT2D eigenvalue weighted by atomic mass is 10.2. The average molecular weight is 364 g/mol. The maximum atomic E-state index is 12.3. The number of pyridine rings is 1. The van der Waals surface area contributed by atoms with Crippen molar-refractivity contribution >= 4 is 37.5 Å². The van der Waals surface area contributed by atoms with Gasteiger partial charge in [-0.3, -0.25) is 4.79 Å².